The number of amides is 2. The van der Waals surface area contributed by atoms with E-state index in [0.717, 1.165) is 23.6 Å². The summed E-state index contributed by atoms with van der Waals surface area (Å²) in [6, 6.07) is 21.3. The number of anilines is 1. The first-order chi connectivity index (χ1) is 23.2. The van der Waals surface area contributed by atoms with Crippen LogP contribution in [0, 0.1) is 0 Å². The zero-order valence-corrected chi connectivity index (χ0v) is 28.4. The Bertz CT molecular complexity index is 1830. The molecular formula is C41H46N4O3. The van der Waals surface area contributed by atoms with Gasteiger partial charge in [0.25, 0.3) is 0 Å². The number of ether oxygens (including phenoxy) is 1. The van der Waals surface area contributed by atoms with Crippen LogP contribution in [0.15, 0.2) is 66.9 Å². The largest absolute Gasteiger partial charge is 0.444 e. The molecule has 2 N–H and O–H groups in total. The summed E-state index contributed by atoms with van der Waals surface area (Å²) < 4.78 is 5.55. The molecule has 1 aliphatic heterocycles. The van der Waals surface area contributed by atoms with E-state index in [0.29, 0.717) is 30.7 Å². The predicted octanol–water partition coefficient (Wildman–Crippen LogP) is 9.77. The van der Waals surface area contributed by atoms with Crippen molar-refractivity contribution in [2.45, 2.75) is 108 Å². The molecule has 3 aromatic carbocycles. The van der Waals surface area contributed by atoms with E-state index < -0.39 is 17.7 Å². The number of imidazole rings is 1. The van der Waals surface area contributed by atoms with Gasteiger partial charge in [-0.1, -0.05) is 61.4 Å². The number of H-pyrrole nitrogens is 1. The Morgan fingerprint density at radius 1 is 0.771 bits per heavy atom. The number of nitrogens with one attached hydrogen (secondary N) is 2. The second-order valence-corrected chi connectivity index (χ2v) is 15.3. The van der Waals surface area contributed by atoms with Crippen molar-refractivity contribution in [3.8, 4) is 33.5 Å². The summed E-state index contributed by atoms with van der Waals surface area (Å²) in [7, 11) is 0. The van der Waals surface area contributed by atoms with Crippen molar-refractivity contribution in [2.75, 3.05) is 11.9 Å². The van der Waals surface area contributed by atoms with E-state index in [4.69, 9.17) is 9.72 Å². The van der Waals surface area contributed by atoms with Crippen LogP contribution in [-0.4, -0.2) is 45.1 Å². The maximum atomic E-state index is 13.3. The van der Waals surface area contributed by atoms with Crippen LogP contribution in [-0.2, 0) is 9.53 Å². The van der Waals surface area contributed by atoms with E-state index in [1.807, 2.05) is 39.1 Å². The molecule has 3 fully saturated rings. The van der Waals surface area contributed by atoms with Crippen molar-refractivity contribution in [3.05, 3.63) is 83.8 Å². The van der Waals surface area contributed by atoms with E-state index >= 15 is 0 Å². The number of aromatic amines is 1. The van der Waals surface area contributed by atoms with Gasteiger partial charge in [-0.25, -0.2) is 9.78 Å². The maximum Gasteiger partial charge on any atom is 0.410 e. The van der Waals surface area contributed by atoms with E-state index in [1.165, 1.54) is 83.9 Å². The van der Waals surface area contributed by atoms with Gasteiger partial charge in [-0.05, 0) is 129 Å². The summed E-state index contributed by atoms with van der Waals surface area (Å²) in [5.41, 5.74) is 10.6. The monoisotopic (exact) mass is 642 g/mol. The van der Waals surface area contributed by atoms with Gasteiger partial charge in [-0.3, -0.25) is 9.69 Å². The summed E-state index contributed by atoms with van der Waals surface area (Å²) in [4.78, 5) is 35.9. The second kappa shape index (κ2) is 12.2. The Kier molecular flexibility index (Phi) is 7.89. The third-order valence-electron chi connectivity index (χ3n) is 11.0. The van der Waals surface area contributed by atoms with Gasteiger partial charge in [0.1, 0.15) is 17.5 Å². The molecule has 4 aliphatic rings. The smallest absolute Gasteiger partial charge is 0.410 e. The Morgan fingerprint density at radius 3 is 2.00 bits per heavy atom. The number of fused-ring (bicyclic) bond motifs is 5. The number of rotatable bonds is 6. The number of carbonyl (C=O) groups excluding carboxylic acids is 2. The topological polar surface area (TPSA) is 87.3 Å². The number of carbonyl (C=O) groups is 2. The fourth-order valence-corrected chi connectivity index (χ4v) is 8.78. The van der Waals surface area contributed by atoms with E-state index in [2.05, 4.69) is 58.8 Å². The number of benzene rings is 3. The van der Waals surface area contributed by atoms with E-state index in [1.54, 1.807) is 4.90 Å². The molecular weight excluding hydrogens is 596 g/mol. The molecule has 2 heterocycles. The highest BCUT2D eigenvalue weighted by Crippen LogP contribution is 2.58. The van der Waals surface area contributed by atoms with Crippen LogP contribution < -0.4 is 5.32 Å². The quantitative estimate of drug-likeness (QED) is 0.219. The number of hydrogen-bond donors (Lipinski definition) is 2. The lowest BCUT2D eigenvalue weighted by Crippen LogP contribution is -2.45. The van der Waals surface area contributed by atoms with E-state index in [9.17, 15) is 9.59 Å². The van der Waals surface area contributed by atoms with Crippen molar-refractivity contribution >= 4 is 17.7 Å². The molecule has 2 unspecified atom stereocenters. The molecule has 248 valence electrons. The van der Waals surface area contributed by atoms with Crippen LogP contribution in [0.5, 0.6) is 0 Å². The molecule has 2 bridgehead atoms. The summed E-state index contributed by atoms with van der Waals surface area (Å²) >= 11 is 0. The lowest BCUT2D eigenvalue weighted by atomic mass is 9.81. The first-order valence-corrected chi connectivity index (χ1v) is 18.0. The number of aromatic nitrogens is 2. The zero-order chi connectivity index (χ0) is 33.0. The molecule has 8 rings (SSSR count). The lowest BCUT2D eigenvalue weighted by Gasteiger charge is -2.28. The van der Waals surface area contributed by atoms with Gasteiger partial charge in [0, 0.05) is 18.2 Å². The fraction of sp³-hybridized carbons (Fsp3) is 0.439. The average molecular weight is 643 g/mol. The molecule has 48 heavy (non-hydrogen) atoms. The highest BCUT2D eigenvalue weighted by Gasteiger charge is 2.40. The van der Waals surface area contributed by atoms with Gasteiger partial charge in [0.05, 0.1) is 11.9 Å². The second-order valence-electron chi connectivity index (χ2n) is 15.3. The van der Waals surface area contributed by atoms with Crippen molar-refractivity contribution in [3.63, 3.8) is 0 Å². The zero-order valence-electron chi connectivity index (χ0n) is 28.4. The minimum absolute atomic E-state index is 0.165. The minimum atomic E-state index is -0.599. The van der Waals surface area contributed by atoms with Crippen molar-refractivity contribution in [1.29, 1.82) is 0 Å². The standard InChI is InChI=1S/C41H46N4O3/c1-41(2,3)48-40(47)45-22-6-9-35(45)39(46)43-31-18-16-26(17-19-31)33-21-20-32(36-29-14-15-30(23-29)37(33)36)25-10-12-27(13-11-25)34-24-42-38(44-34)28-7-4-5-8-28/h10-13,16-21,24,28-30,35H,4-9,14-15,22-23H2,1-3H3,(H,42,44)(H,43,46)/t29?,30?,35-/m0/s1. The molecule has 1 saturated heterocycles. The van der Waals surface area contributed by atoms with Gasteiger partial charge in [-0.2, -0.15) is 0 Å². The molecule has 7 heteroatoms. The molecule has 3 aliphatic carbocycles. The highest BCUT2D eigenvalue weighted by molar-refractivity contribution is 5.97. The summed E-state index contributed by atoms with van der Waals surface area (Å²) in [5, 5.41) is 3.06. The normalized spacial score (nSPS) is 21.9. The third kappa shape index (κ3) is 5.82. The van der Waals surface area contributed by atoms with Crippen molar-refractivity contribution in [1.82, 2.24) is 14.9 Å². The van der Waals surface area contributed by atoms with Crippen LogP contribution >= 0.6 is 0 Å². The molecule has 3 atom stereocenters. The van der Waals surface area contributed by atoms with Crippen molar-refractivity contribution in [2.24, 2.45) is 0 Å². The Morgan fingerprint density at radius 2 is 1.38 bits per heavy atom. The first kappa shape index (κ1) is 30.9. The van der Waals surface area contributed by atoms with Gasteiger partial charge < -0.3 is 15.0 Å². The molecule has 2 amide bonds. The van der Waals surface area contributed by atoms with Crippen LogP contribution in [0.3, 0.4) is 0 Å². The fourth-order valence-electron chi connectivity index (χ4n) is 8.78. The van der Waals surface area contributed by atoms with Gasteiger partial charge in [-0.15, -0.1) is 0 Å². The molecule has 7 nitrogen and oxygen atoms in total. The summed E-state index contributed by atoms with van der Waals surface area (Å²) in [6.45, 7) is 6.06. The third-order valence-corrected chi connectivity index (χ3v) is 11.0. The van der Waals surface area contributed by atoms with Gasteiger partial charge in [0.2, 0.25) is 5.91 Å². The molecule has 4 aromatic rings. The molecule has 0 radical (unpaired) electrons. The van der Waals surface area contributed by atoms with Crippen LogP contribution in [0.25, 0.3) is 33.5 Å². The Balaban J connectivity index is 1.01. The Hall–Kier alpha value is -4.39. The van der Waals surface area contributed by atoms with E-state index in [-0.39, 0.29) is 5.91 Å². The number of hydrogen-bond acceptors (Lipinski definition) is 4. The molecule has 0 spiro atoms. The minimum Gasteiger partial charge on any atom is -0.444 e. The Labute approximate surface area is 283 Å². The number of likely N-dealkylation sites (tertiary alicyclic amines) is 1. The van der Waals surface area contributed by atoms with Gasteiger partial charge >= 0.3 is 6.09 Å². The maximum absolute atomic E-state index is 13.3. The van der Waals surface area contributed by atoms with Crippen LogP contribution in [0.4, 0.5) is 10.5 Å². The molecule has 2 saturated carbocycles. The van der Waals surface area contributed by atoms with Crippen LogP contribution in [0.1, 0.15) is 113 Å². The van der Waals surface area contributed by atoms with Crippen molar-refractivity contribution < 1.29 is 14.3 Å². The summed E-state index contributed by atoms with van der Waals surface area (Å²) in [5.74, 6) is 2.77. The lowest BCUT2D eigenvalue weighted by molar-refractivity contribution is -0.120. The SMILES string of the molecule is CC(C)(C)OC(=O)N1CCC[C@H]1C(=O)Nc1ccc(-c2ccc(-c3ccc(-c4cnc(C5CCCC5)[nH]4)cc3)c3c2C2CCC3C2)cc1. The molecule has 1 aromatic heterocycles. The van der Waals surface area contributed by atoms with Gasteiger partial charge in [0.15, 0.2) is 0 Å². The average Bonchev–Trinajstić information content (AvgIpc) is 3.93. The van der Waals surface area contributed by atoms with Crippen LogP contribution in [0.2, 0.25) is 0 Å². The predicted molar refractivity (Wildman–Crippen MR) is 190 cm³/mol. The first-order valence-electron chi connectivity index (χ1n) is 18.0. The highest BCUT2D eigenvalue weighted by atomic mass is 16.6. The summed E-state index contributed by atoms with van der Waals surface area (Å²) in [6.07, 6.45) is 11.8. The number of nitrogens with zero attached hydrogens (tertiary/aromatic N) is 2.